The fraction of sp³-hybridized carbons (Fsp3) is 0.471. The molecule has 0 spiro atoms. The molecule has 22 heavy (non-hydrogen) atoms. The van der Waals surface area contributed by atoms with Gasteiger partial charge >= 0.3 is 0 Å². The van der Waals surface area contributed by atoms with Crippen LogP contribution in [0, 0.1) is 18.2 Å². The number of rotatable bonds is 4. The van der Waals surface area contributed by atoms with Crippen LogP contribution in [0.3, 0.4) is 0 Å². The summed E-state index contributed by atoms with van der Waals surface area (Å²) in [7, 11) is 0. The van der Waals surface area contributed by atoms with Gasteiger partial charge in [-0.3, -0.25) is 4.79 Å². The molecule has 2 rings (SSSR count). The maximum absolute atomic E-state index is 13.4. The average Bonchev–Trinajstić information content (AvgIpc) is 2.71. The second-order valence-corrected chi connectivity index (χ2v) is 6.78. The minimum atomic E-state index is -0.613. The van der Waals surface area contributed by atoms with Crippen LogP contribution in [0.15, 0.2) is 18.2 Å². The second kappa shape index (κ2) is 6.08. The van der Waals surface area contributed by atoms with E-state index in [1.165, 1.54) is 12.1 Å². The molecular weight excluding hydrogens is 283 g/mol. The number of aliphatic hydroxyl groups excluding tert-OH is 1. The number of carbonyl (C=O) groups excluding carboxylic acids is 1. The number of aromatic nitrogens is 1. The zero-order valence-electron chi connectivity index (χ0n) is 13.5. The number of H-pyrrole nitrogens is 1. The van der Waals surface area contributed by atoms with Crippen molar-refractivity contribution in [3.05, 3.63) is 35.3 Å². The van der Waals surface area contributed by atoms with Gasteiger partial charge in [0.15, 0.2) is 0 Å². The summed E-state index contributed by atoms with van der Waals surface area (Å²) in [5.41, 5.74) is 2.17. The molecule has 2 aromatic rings. The minimum absolute atomic E-state index is 0.159. The van der Waals surface area contributed by atoms with E-state index in [1.807, 2.05) is 27.7 Å². The second-order valence-electron chi connectivity index (χ2n) is 6.78. The summed E-state index contributed by atoms with van der Waals surface area (Å²) in [5.74, 6) is -0.507. The lowest BCUT2D eigenvalue weighted by atomic mass is 9.89. The standard InChI is InChI=1S/C17H23FN2O2/c1-10-12(13-7-11(18)5-6-14(13)20-10)8-16(22)19-9-15(21)17(2,3)4/h5-7,15,20-21H,8-9H2,1-4H3,(H,19,22). The summed E-state index contributed by atoms with van der Waals surface area (Å²) >= 11 is 0. The number of fused-ring (bicyclic) bond motifs is 1. The summed E-state index contributed by atoms with van der Waals surface area (Å²) in [6.07, 6.45) is -0.454. The summed E-state index contributed by atoms with van der Waals surface area (Å²) in [5, 5.41) is 13.4. The molecule has 0 bridgehead atoms. The molecule has 0 aliphatic rings. The molecule has 0 fully saturated rings. The number of benzene rings is 1. The number of aliphatic hydroxyl groups is 1. The Balaban J connectivity index is 2.09. The summed E-state index contributed by atoms with van der Waals surface area (Å²) < 4.78 is 13.4. The van der Waals surface area contributed by atoms with Gasteiger partial charge in [-0.05, 0) is 36.1 Å². The van der Waals surface area contributed by atoms with Crippen molar-refractivity contribution >= 4 is 16.8 Å². The fourth-order valence-electron chi connectivity index (χ4n) is 2.32. The molecule has 120 valence electrons. The molecule has 1 aromatic heterocycles. The van der Waals surface area contributed by atoms with E-state index in [9.17, 15) is 14.3 Å². The third-order valence-corrected chi connectivity index (χ3v) is 3.91. The van der Waals surface area contributed by atoms with Crippen molar-refractivity contribution in [2.45, 2.75) is 40.2 Å². The highest BCUT2D eigenvalue weighted by molar-refractivity contribution is 5.90. The third-order valence-electron chi connectivity index (χ3n) is 3.91. The minimum Gasteiger partial charge on any atom is -0.391 e. The van der Waals surface area contributed by atoms with Crippen LogP contribution in [0.1, 0.15) is 32.0 Å². The van der Waals surface area contributed by atoms with Gasteiger partial charge in [0.1, 0.15) is 5.82 Å². The molecule has 5 heteroatoms. The van der Waals surface area contributed by atoms with E-state index in [4.69, 9.17) is 0 Å². The molecule has 4 nitrogen and oxygen atoms in total. The highest BCUT2D eigenvalue weighted by Crippen LogP contribution is 2.23. The number of halogens is 1. The van der Waals surface area contributed by atoms with E-state index < -0.39 is 6.10 Å². The molecule has 0 saturated carbocycles. The first kappa shape index (κ1) is 16.5. The molecule has 0 aliphatic carbocycles. The number of hydrogen-bond acceptors (Lipinski definition) is 2. The van der Waals surface area contributed by atoms with E-state index in [-0.39, 0.29) is 30.1 Å². The van der Waals surface area contributed by atoms with Crippen molar-refractivity contribution in [3.63, 3.8) is 0 Å². The van der Waals surface area contributed by atoms with Crippen molar-refractivity contribution < 1.29 is 14.3 Å². The van der Waals surface area contributed by atoms with Crippen molar-refractivity contribution in [1.82, 2.24) is 10.3 Å². The van der Waals surface area contributed by atoms with E-state index in [1.54, 1.807) is 6.07 Å². The molecule has 1 heterocycles. The first-order chi connectivity index (χ1) is 10.2. The maximum Gasteiger partial charge on any atom is 0.224 e. The number of amides is 1. The Morgan fingerprint density at radius 1 is 1.41 bits per heavy atom. The van der Waals surface area contributed by atoms with Gasteiger partial charge in [0.25, 0.3) is 0 Å². The summed E-state index contributed by atoms with van der Waals surface area (Å²) in [6, 6.07) is 4.50. The Labute approximate surface area is 129 Å². The molecule has 1 aromatic carbocycles. The van der Waals surface area contributed by atoms with Gasteiger partial charge < -0.3 is 15.4 Å². The van der Waals surface area contributed by atoms with Gasteiger partial charge in [-0.2, -0.15) is 0 Å². The van der Waals surface area contributed by atoms with Gasteiger partial charge in [-0.15, -0.1) is 0 Å². The van der Waals surface area contributed by atoms with E-state index >= 15 is 0 Å². The van der Waals surface area contributed by atoms with E-state index in [2.05, 4.69) is 10.3 Å². The van der Waals surface area contributed by atoms with E-state index in [0.29, 0.717) is 0 Å². The van der Waals surface area contributed by atoms with Crippen LogP contribution >= 0.6 is 0 Å². The fourth-order valence-corrected chi connectivity index (χ4v) is 2.32. The lowest BCUT2D eigenvalue weighted by Gasteiger charge is -2.25. The maximum atomic E-state index is 13.4. The molecule has 1 amide bonds. The zero-order chi connectivity index (χ0) is 16.5. The molecular formula is C17H23FN2O2. The Kier molecular flexibility index (Phi) is 4.56. The van der Waals surface area contributed by atoms with Crippen LogP contribution in [0.4, 0.5) is 4.39 Å². The highest BCUT2D eigenvalue weighted by Gasteiger charge is 2.22. The Morgan fingerprint density at radius 2 is 2.09 bits per heavy atom. The molecule has 3 N–H and O–H groups in total. The molecule has 0 saturated heterocycles. The van der Waals surface area contributed by atoms with Crippen LogP contribution in [0.25, 0.3) is 10.9 Å². The smallest absolute Gasteiger partial charge is 0.224 e. The summed E-state index contributed by atoms with van der Waals surface area (Å²) in [6.45, 7) is 7.81. The molecule has 1 unspecified atom stereocenters. The van der Waals surface area contributed by atoms with E-state index in [0.717, 1.165) is 22.2 Å². The van der Waals surface area contributed by atoms with Crippen LogP contribution in [-0.2, 0) is 11.2 Å². The van der Waals surface area contributed by atoms with Crippen LogP contribution in [-0.4, -0.2) is 28.6 Å². The number of aromatic amines is 1. The van der Waals surface area contributed by atoms with Crippen LogP contribution < -0.4 is 5.32 Å². The average molecular weight is 306 g/mol. The third kappa shape index (κ3) is 3.65. The molecule has 1 atom stereocenters. The normalized spacial score (nSPS) is 13.4. The first-order valence-electron chi connectivity index (χ1n) is 7.40. The van der Waals surface area contributed by atoms with Gasteiger partial charge in [-0.25, -0.2) is 4.39 Å². The van der Waals surface area contributed by atoms with Crippen molar-refractivity contribution in [2.75, 3.05) is 6.54 Å². The van der Waals surface area contributed by atoms with Gasteiger partial charge in [0.2, 0.25) is 5.91 Å². The van der Waals surface area contributed by atoms with Gasteiger partial charge in [0, 0.05) is 23.1 Å². The number of hydrogen-bond donors (Lipinski definition) is 3. The summed E-state index contributed by atoms with van der Waals surface area (Å²) in [4.78, 5) is 15.2. The quantitative estimate of drug-likeness (QED) is 0.813. The number of nitrogens with one attached hydrogen (secondary N) is 2. The zero-order valence-corrected chi connectivity index (χ0v) is 13.5. The number of aryl methyl sites for hydroxylation is 1. The highest BCUT2D eigenvalue weighted by atomic mass is 19.1. The largest absolute Gasteiger partial charge is 0.391 e. The molecule has 0 radical (unpaired) electrons. The Bertz CT molecular complexity index is 686. The predicted octanol–water partition coefficient (Wildman–Crippen LogP) is 2.68. The van der Waals surface area contributed by atoms with Crippen molar-refractivity contribution in [2.24, 2.45) is 5.41 Å². The van der Waals surface area contributed by atoms with Crippen molar-refractivity contribution in [3.8, 4) is 0 Å². The van der Waals surface area contributed by atoms with Crippen LogP contribution in [0.2, 0.25) is 0 Å². The lowest BCUT2D eigenvalue weighted by Crippen LogP contribution is -2.39. The molecule has 0 aliphatic heterocycles. The van der Waals surface area contributed by atoms with Crippen molar-refractivity contribution in [1.29, 1.82) is 0 Å². The Hall–Kier alpha value is -1.88. The Morgan fingerprint density at radius 3 is 2.73 bits per heavy atom. The monoisotopic (exact) mass is 306 g/mol. The van der Waals surface area contributed by atoms with Gasteiger partial charge in [0.05, 0.1) is 12.5 Å². The SMILES string of the molecule is Cc1[nH]c2ccc(F)cc2c1CC(=O)NCC(O)C(C)(C)C. The number of carbonyl (C=O) groups is 1. The predicted molar refractivity (Wildman–Crippen MR) is 85.2 cm³/mol. The first-order valence-corrected chi connectivity index (χ1v) is 7.40. The van der Waals surface area contributed by atoms with Gasteiger partial charge in [-0.1, -0.05) is 20.8 Å². The van der Waals surface area contributed by atoms with Crippen LogP contribution in [0.5, 0.6) is 0 Å². The lowest BCUT2D eigenvalue weighted by molar-refractivity contribution is -0.121. The topological polar surface area (TPSA) is 65.1 Å².